The molecule has 0 atom stereocenters. The molecule has 2 aromatic heterocycles. The third kappa shape index (κ3) is 3.04. The molecule has 0 fully saturated rings. The van der Waals surface area contributed by atoms with E-state index in [9.17, 15) is 22.4 Å². The van der Waals surface area contributed by atoms with Crippen LogP contribution in [0.15, 0.2) is 42.9 Å². The molecular formula is C20H14F4N4O. The summed E-state index contributed by atoms with van der Waals surface area (Å²) in [6, 6.07) is 7.10. The van der Waals surface area contributed by atoms with Crippen LogP contribution in [0.5, 0.6) is 0 Å². The van der Waals surface area contributed by atoms with Crippen LogP contribution in [0.4, 0.5) is 17.6 Å². The van der Waals surface area contributed by atoms with Crippen molar-refractivity contribution in [2.24, 2.45) is 12.8 Å². The van der Waals surface area contributed by atoms with Crippen LogP contribution in [0.1, 0.15) is 15.9 Å². The van der Waals surface area contributed by atoms with Gasteiger partial charge in [0.15, 0.2) is 23.3 Å². The SMILES string of the molecule is Cn1cc(-c2ccc(Cn3cc(C(N)=O)c4c(F)c(F)c(F)c(F)c43)cc2)cn1. The molecule has 4 rings (SSSR count). The average molecular weight is 402 g/mol. The van der Waals surface area contributed by atoms with Crippen LogP contribution < -0.4 is 5.73 Å². The largest absolute Gasteiger partial charge is 0.366 e. The van der Waals surface area contributed by atoms with Gasteiger partial charge in [0.2, 0.25) is 0 Å². The van der Waals surface area contributed by atoms with Gasteiger partial charge in [-0.05, 0) is 11.1 Å². The number of aryl methyl sites for hydroxylation is 1. The Kier molecular flexibility index (Phi) is 4.37. The van der Waals surface area contributed by atoms with Crippen LogP contribution in [-0.2, 0) is 13.6 Å². The van der Waals surface area contributed by atoms with Crippen LogP contribution in [0, 0.1) is 23.3 Å². The average Bonchev–Trinajstić information content (AvgIpc) is 3.29. The summed E-state index contributed by atoms with van der Waals surface area (Å²) in [4.78, 5) is 11.6. The lowest BCUT2D eigenvalue weighted by Crippen LogP contribution is -2.11. The molecular weight excluding hydrogens is 388 g/mol. The van der Waals surface area contributed by atoms with Crippen molar-refractivity contribution in [2.45, 2.75) is 6.54 Å². The number of carbonyl (C=O) groups is 1. The van der Waals surface area contributed by atoms with E-state index in [2.05, 4.69) is 5.10 Å². The normalized spacial score (nSPS) is 11.3. The van der Waals surface area contributed by atoms with Gasteiger partial charge in [0.25, 0.3) is 5.91 Å². The molecule has 0 bridgehead atoms. The zero-order chi connectivity index (χ0) is 20.9. The lowest BCUT2D eigenvalue weighted by Gasteiger charge is -2.08. The van der Waals surface area contributed by atoms with Crippen molar-refractivity contribution in [3.05, 3.63) is 77.3 Å². The summed E-state index contributed by atoms with van der Waals surface area (Å²) in [5.41, 5.74) is 6.67. The second-order valence-corrected chi connectivity index (χ2v) is 6.61. The van der Waals surface area contributed by atoms with E-state index >= 15 is 0 Å². The molecule has 29 heavy (non-hydrogen) atoms. The van der Waals surface area contributed by atoms with Crippen molar-refractivity contribution < 1.29 is 22.4 Å². The number of benzene rings is 2. The molecule has 0 aliphatic carbocycles. The number of hydrogen-bond acceptors (Lipinski definition) is 2. The van der Waals surface area contributed by atoms with E-state index < -0.39 is 45.6 Å². The molecule has 4 aromatic rings. The molecule has 0 radical (unpaired) electrons. The number of hydrogen-bond donors (Lipinski definition) is 1. The van der Waals surface area contributed by atoms with E-state index in [0.29, 0.717) is 5.56 Å². The third-order valence-electron chi connectivity index (χ3n) is 4.69. The van der Waals surface area contributed by atoms with E-state index in [1.807, 2.05) is 18.3 Å². The van der Waals surface area contributed by atoms with E-state index in [4.69, 9.17) is 5.73 Å². The Morgan fingerprint density at radius 3 is 2.21 bits per heavy atom. The predicted octanol–water partition coefficient (Wildman–Crippen LogP) is 3.75. The quantitative estimate of drug-likeness (QED) is 0.321. The maximum Gasteiger partial charge on any atom is 0.250 e. The van der Waals surface area contributed by atoms with Crippen molar-refractivity contribution in [3.63, 3.8) is 0 Å². The Balaban J connectivity index is 1.79. The Bertz CT molecular complexity index is 1260. The molecule has 1 amide bonds. The lowest BCUT2D eigenvalue weighted by atomic mass is 10.1. The molecule has 2 N–H and O–H groups in total. The number of halogens is 4. The van der Waals surface area contributed by atoms with Crippen LogP contribution in [0.2, 0.25) is 0 Å². The monoisotopic (exact) mass is 402 g/mol. The van der Waals surface area contributed by atoms with Gasteiger partial charge < -0.3 is 10.3 Å². The highest BCUT2D eigenvalue weighted by Gasteiger charge is 2.27. The Morgan fingerprint density at radius 1 is 0.966 bits per heavy atom. The third-order valence-corrected chi connectivity index (χ3v) is 4.69. The Labute approximate surface area is 162 Å². The van der Waals surface area contributed by atoms with Gasteiger partial charge in [-0.1, -0.05) is 24.3 Å². The van der Waals surface area contributed by atoms with E-state index in [1.54, 1.807) is 30.1 Å². The summed E-state index contributed by atoms with van der Waals surface area (Å²) in [6.07, 6.45) is 4.62. The molecule has 2 heterocycles. The summed E-state index contributed by atoms with van der Waals surface area (Å²) in [5, 5.41) is 3.42. The van der Waals surface area contributed by atoms with E-state index in [1.165, 1.54) is 0 Å². The topological polar surface area (TPSA) is 65.8 Å². The summed E-state index contributed by atoms with van der Waals surface area (Å²) < 4.78 is 58.9. The minimum Gasteiger partial charge on any atom is -0.366 e. The molecule has 0 aliphatic rings. The fraction of sp³-hybridized carbons (Fsp3) is 0.100. The minimum atomic E-state index is -1.99. The van der Waals surface area contributed by atoms with Crippen LogP contribution in [0.25, 0.3) is 22.0 Å². The van der Waals surface area contributed by atoms with Crippen molar-refractivity contribution in [1.82, 2.24) is 14.3 Å². The number of carbonyl (C=O) groups excluding carboxylic acids is 1. The number of fused-ring (bicyclic) bond motifs is 1. The van der Waals surface area contributed by atoms with Gasteiger partial charge >= 0.3 is 0 Å². The molecule has 148 valence electrons. The zero-order valence-corrected chi connectivity index (χ0v) is 15.1. The summed E-state index contributed by atoms with van der Waals surface area (Å²) >= 11 is 0. The Hall–Kier alpha value is -3.62. The summed E-state index contributed by atoms with van der Waals surface area (Å²) in [5.74, 6) is -8.25. The highest BCUT2D eigenvalue weighted by Crippen LogP contribution is 2.31. The first-order valence-electron chi connectivity index (χ1n) is 8.50. The second-order valence-electron chi connectivity index (χ2n) is 6.61. The minimum absolute atomic E-state index is 0.0153. The van der Waals surface area contributed by atoms with Gasteiger partial charge in [0, 0.05) is 31.5 Å². The standard InChI is InChI=1S/C20H14F4N4O/c1-27-8-12(6-26-27)11-4-2-10(3-5-11)7-28-9-13(20(25)29)14-15(21)16(22)17(23)18(24)19(14)28/h2-6,8-9H,7H2,1H3,(H2,25,29). The summed E-state index contributed by atoms with van der Waals surface area (Å²) in [6.45, 7) is -0.0153. The van der Waals surface area contributed by atoms with Crippen molar-refractivity contribution >= 4 is 16.8 Å². The highest BCUT2D eigenvalue weighted by atomic mass is 19.2. The zero-order valence-electron chi connectivity index (χ0n) is 15.1. The summed E-state index contributed by atoms with van der Waals surface area (Å²) in [7, 11) is 1.79. The molecule has 9 heteroatoms. The van der Waals surface area contributed by atoms with Gasteiger partial charge in [-0.3, -0.25) is 9.48 Å². The second kappa shape index (κ2) is 6.77. The van der Waals surface area contributed by atoms with Crippen LogP contribution in [0.3, 0.4) is 0 Å². The fourth-order valence-electron chi connectivity index (χ4n) is 3.30. The van der Waals surface area contributed by atoms with Gasteiger partial charge in [-0.2, -0.15) is 5.10 Å². The molecule has 0 aliphatic heterocycles. The maximum atomic E-state index is 14.4. The van der Waals surface area contributed by atoms with Crippen LogP contribution >= 0.6 is 0 Å². The smallest absolute Gasteiger partial charge is 0.250 e. The Morgan fingerprint density at radius 2 is 1.62 bits per heavy atom. The molecule has 0 saturated heterocycles. The number of nitrogens with zero attached hydrogens (tertiary/aromatic N) is 3. The van der Waals surface area contributed by atoms with Crippen molar-refractivity contribution in [2.75, 3.05) is 0 Å². The maximum absolute atomic E-state index is 14.4. The molecule has 2 aromatic carbocycles. The number of amides is 1. The molecule has 0 saturated carbocycles. The van der Waals surface area contributed by atoms with E-state index in [-0.39, 0.29) is 6.54 Å². The fourth-order valence-corrected chi connectivity index (χ4v) is 3.30. The van der Waals surface area contributed by atoms with E-state index in [0.717, 1.165) is 21.9 Å². The number of rotatable bonds is 4. The first-order valence-corrected chi connectivity index (χ1v) is 8.50. The molecule has 0 unspecified atom stereocenters. The predicted molar refractivity (Wildman–Crippen MR) is 98.0 cm³/mol. The number of nitrogens with two attached hydrogens (primary N) is 1. The van der Waals surface area contributed by atoms with Crippen molar-refractivity contribution in [1.29, 1.82) is 0 Å². The van der Waals surface area contributed by atoms with Gasteiger partial charge in [0.05, 0.1) is 22.7 Å². The first-order chi connectivity index (χ1) is 13.8. The van der Waals surface area contributed by atoms with Gasteiger partial charge in [-0.25, -0.2) is 17.6 Å². The van der Waals surface area contributed by atoms with Crippen molar-refractivity contribution in [3.8, 4) is 11.1 Å². The van der Waals surface area contributed by atoms with Gasteiger partial charge in [-0.15, -0.1) is 0 Å². The molecule has 0 spiro atoms. The number of aromatic nitrogens is 3. The first kappa shape index (κ1) is 18.7. The van der Waals surface area contributed by atoms with Gasteiger partial charge in [0.1, 0.15) is 0 Å². The molecule has 5 nitrogen and oxygen atoms in total. The lowest BCUT2D eigenvalue weighted by molar-refractivity contribution is 0.100. The highest BCUT2D eigenvalue weighted by molar-refractivity contribution is 6.06. The number of primary amides is 1. The van der Waals surface area contributed by atoms with Crippen LogP contribution in [-0.4, -0.2) is 20.3 Å².